The van der Waals surface area contributed by atoms with Crippen molar-refractivity contribution in [2.24, 2.45) is 0 Å². The predicted octanol–water partition coefficient (Wildman–Crippen LogP) is 2.12. The zero-order valence-electron chi connectivity index (χ0n) is 13.3. The second kappa shape index (κ2) is 6.71. The lowest BCUT2D eigenvalue weighted by atomic mass is 10.1. The monoisotopic (exact) mass is 366 g/mol. The summed E-state index contributed by atoms with van der Waals surface area (Å²) in [6.07, 6.45) is 0. The van der Waals surface area contributed by atoms with Crippen LogP contribution in [0.1, 0.15) is 31.1 Å². The molecule has 0 spiro atoms. The number of carbonyl (C=O) groups excluding carboxylic acids is 2. The van der Waals surface area contributed by atoms with Gasteiger partial charge in [-0.05, 0) is 45.0 Å². The molecule has 0 fully saturated rings. The first-order valence-corrected chi connectivity index (χ1v) is 7.94. The van der Waals surface area contributed by atoms with Crippen LogP contribution in [0.5, 0.6) is 5.75 Å². The van der Waals surface area contributed by atoms with E-state index in [1.165, 1.54) is 0 Å². The Morgan fingerprint density at radius 1 is 1.04 bits per heavy atom. The highest BCUT2D eigenvalue weighted by molar-refractivity contribution is 7.89. The van der Waals surface area contributed by atoms with Crippen LogP contribution < -0.4 is 4.18 Å². The van der Waals surface area contributed by atoms with Gasteiger partial charge in [-0.25, -0.2) is 9.59 Å². The van der Waals surface area contributed by atoms with Gasteiger partial charge in [0.15, 0.2) is 0 Å². The number of ether oxygens (including phenoxy) is 2. The summed E-state index contributed by atoms with van der Waals surface area (Å²) in [7, 11) is -5.00. The average Bonchev–Trinajstić information content (AvgIpc) is 2.44. The summed E-state index contributed by atoms with van der Waals surface area (Å²) in [6, 6.07) is 4.22. The number of esters is 2. The minimum absolute atomic E-state index is 0.0643. The molecule has 7 nitrogen and oxygen atoms in total. The molecule has 1 aromatic carbocycles. The highest BCUT2D eigenvalue weighted by atomic mass is 32.2. The minimum Gasteiger partial charge on any atom is -0.464 e. The zero-order chi connectivity index (χ0) is 18.8. The molecule has 0 bridgehead atoms. The number of benzene rings is 1. The van der Waals surface area contributed by atoms with Gasteiger partial charge in [0, 0.05) is 0 Å². The lowest BCUT2D eigenvalue weighted by Gasteiger charge is -2.19. The first-order valence-electron chi connectivity index (χ1n) is 6.54. The summed E-state index contributed by atoms with van der Waals surface area (Å²) in [6.45, 7) is 4.97. The Hall–Kier alpha value is -2.23. The second-order valence-corrected chi connectivity index (χ2v) is 7.16. The van der Waals surface area contributed by atoms with Gasteiger partial charge in [0.2, 0.25) is 0 Å². The van der Waals surface area contributed by atoms with Crippen molar-refractivity contribution in [3.8, 4) is 5.75 Å². The Bertz CT molecular complexity index is 718. The standard InChI is InChI=1S/C14H16F2O7S/c1-13(2,3)22-11(17)9-5-7-10(8-6-9)23-24(19,20)14(15,16)12(18)21-4/h5-8H,1-4H3. The summed E-state index contributed by atoms with van der Waals surface area (Å²) in [4.78, 5) is 22.6. The largest absolute Gasteiger partial charge is 0.476 e. The molecule has 0 atom stereocenters. The molecule has 0 saturated heterocycles. The van der Waals surface area contributed by atoms with Gasteiger partial charge in [0.25, 0.3) is 0 Å². The normalized spacial score (nSPS) is 12.4. The Balaban J connectivity index is 2.95. The molecule has 24 heavy (non-hydrogen) atoms. The summed E-state index contributed by atoms with van der Waals surface area (Å²) < 4.78 is 62.8. The van der Waals surface area contributed by atoms with Crippen LogP contribution in [0.4, 0.5) is 8.78 Å². The van der Waals surface area contributed by atoms with Crippen LogP contribution in [-0.4, -0.2) is 38.3 Å². The molecule has 0 amide bonds. The maximum atomic E-state index is 13.4. The van der Waals surface area contributed by atoms with Gasteiger partial charge < -0.3 is 13.7 Å². The molecule has 10 heteroatoms. The van der Waals surface area contributed by atoms with Gasteiger partial charge in [0.05, 0.1) is 12.7 Å². The first-order chi connectivity index (χ1) is 10.8. The topological polar surface area (TPSA) is 96.0 Å². The summed E-state index contributed by atoms with van der Waals surface area (Å²) in [5, 5.41) is -4.87. The predicted molar refractivity (Wildman–Crippen MR) is 78.1 cm³/mol. The van der Waals surface area contributed by atoms with Crippen molar-refractivity contribution in [1.29, 1.82) is 0 Å². The molecule has 0 saturated carbocycles. The fraction of sp³-hybridized carbons (Fsp3) is 0.429. The lowest BCUT2D eigenvalue weighted by molar-refractivity contribution is -0.158. The maximum absolute atomic E-state index is 13.4. The molecule has 0 N–H and O–H groups in total. The molecular formula is C14H16F2O7S. The van der Waals surface area contributed by atoms with Crippen LogP contribution in [0.2, 0.25) is 0 Å². The molecule has 0 heterocycles. The van der Waals surface area contributed by atoms with Crippen LogP contribution in [0, 0.1) is 0 Å². The van der Waals surface area contributed by atoms with E-state index in [1.54, 1.807) is 20.8 Å². The average molecular weight is 366 g/mol. The molecule has 0 aliphatic heterocycles. The number of halogens is 2. The van der Waals surface area contributed by atoms with Gasteiger partial charge in [-0.3, -0.25) is 0 Å². The van der Waals surface area contributed by atoms with E-state index in [9.17, 15) is 26.8 Å². The van der Waals surface area contributed by atoms with Crippen molar-refractivity contribution >= 4 is 22.1 Å². The first kappa shape index (κ1) is 19.8. The maximum Gasteiger partial charge on any atom is 0.476 e. The highest BCUT2D eigenvalue weighted by Crippen LogP contribution is 2.27. The van der Waals surface area contributed by atoms with Gasteiger partial charge in [-0.15, -0.1) is 0 Å². The number of hydrogen-bond acceptors (Lipinski definition) is 7. The van der Waals surface area contributed by atoms with Crippen molar-refractivity contribution < 1.29 is 40.4 Å². The van der Waals surface area contributed by atoms with E-state index in [4.69, 9.17) is 4.74 Å². The fourth-order valence-electron chi connectivity index (χ4n) is 1.38. The van der Waals surface area contributed by atoms with Crippen molar-refractivity contribution in [3.63, 3.8) is 0 Å². The molecule has 1 rings (SSSR count). The fourth-order valence-corrected chi connectivity index (χ4v) is 2.14. The third-order valence-electron chi connectivity index (χ3n) is 2.43. The Morgan fingerprint density at radius 3 is 1.96 bits per heavy atom. The summed E-state index contributed by atoms with van der Waals surface area (Å²) in [5.74, 6) is -3.46. The van der Waals surface area contributed by atoms with E-state index in [2.05, 4.69) is 8.92 Å². The van der Waals surface area contributed by atoms with Crippen molar-refractivity contribution in [1.82, 2.24) is 0 Å². The molecule has 134 valence electrons. The third kappa shape index (κ3) is 4.63. The van der Waals surface area contributed by atoms with E-state index in [0.717, 1.165) is 24.3 Å². The molecule has 0 aliphatic carbocycles. The van der Waals surface area contributed by atoms with Crippen LogP contribution in [0.25, 0.3) is 0 Å². The van der Waals surface area contributed by atoms with E-state index in [0.29, 0.717) is 7.11 Å². The van der Waals surface area contributed by atoms with E-state index in [1.807, 2.05) is 0 Å². The smallest absolute Gasteiger partial charge is 0.464 e. The lowest BCUT2D eigenvalue weighted by Crippen LogP contribution is -2.41. The number of alkyl halides is 2. The molecule has 0 aromatic heterocycles. The minimum atomic E-state index is -5.61. The van der Waals surface area contributed by atoms with E-state index in [-0.39, 0.29) is 5.56 Å². The summed E-state index contributed by atoms with van der Waals surface area (Å²) in [5.41, 5.74) is -0.674. The van der Waals surface area contributed by atoms with Gasteiger partial charge in [-0.1, -0.05) is 0 Å². The zero-order valence-corrected chi connectivity index (χ0v) is 14.1. The number of rotatable bonds is 5. The van der Waals surface area contributed by atoms with Crippen LogP contribution >= 0.6 is 0 Å². The number of carbonyl (C=O) groups is 2. The number of methoxy groups -OCH3 is 1. The second-order valence-electron chi connectivity index (χ2n) is 5.57. The summed E-state index contributed by atoms with van der Waals surface area (Å²) >= 11 is 0. The van der Waals surface area contributed by atoms with E-state index < -0.39 is 38.7 Å². The third-order valence-corrected chi connectivity index (χ3v) is 3.64. The van der Waals surface area contributed by atoms with Crippen molar-refractivity contribution in [2.75, 3.05) is 7.11 Å². The van der Waals surface area contributed by atoms with Gasteiger partial charge in [-0.2, -0.15) is 17.2 Å². The molecule has 1 aromatic rings. The molecule has 0 aliphatic rings. The van der Waals surface area contributed by atoms with Crippen LogP contribution in [-0.2, 0) is 24.4 Å². The van der Waals surface area contributed by atoms with Crippen LogP contribution in [0.3, 0.4) is 0 Å². The van der Waals surface area contributed by atoms with Crippen LogP contribution in [0.15, 0.2) is 24.3 Å². The van der Waals surface area contributed by atoms with Gasteiger partial charge in [0.1, 0.15) is 11.4 Å². The molecular weight excluding hydrogens is 350 g/mol. The van der Waals surface area contributed by atoms with E-state index >= 15 is 0 Å². The molecule has 0 radical (unpaired) electrons. The Morgan fingerprint density at radius 2 is 1.54 bits per heavy atom. The Kier molecular flexibility index (Phi) is 5.54. The van der Waals surface area contributed by atoms with Crippen molar-refractivity contribution in [3.05, 3.63) is 29.8 Å². The number of hydrogen-bond donors (Lipinski definition) is 0. The quantitative estimate of drug-likeness (QED) is 0.582. The van der Waals surface area contributed by atoms with Crippen molar-refractivity contribution in [2.45, 2.75) is 31.6 Å². The highest BCUT2D eigenvalue weighted by Gasteiger charge is 2.56. The van der Waals surface area contributed by atoms with Gasteiger partial charge >= 0.3 is 27.3 Å². The SMILES string of the molecule is COC(=O)C(F)(F)S(=O)(=O)Oc1ccc(C(=O)OC(C)(C)C)cc1. The Labute approximate surface area is 137 Å². The molecule has 0 unspecified atom stereocenters.